The second kappa shape index (κ2) is 2.90. The number of cyclic esters (lactones) is 1. The van der Waals surface area contributed by atoms with Gasteiger partial charge in [0.1, 0.15) is 0 Å². The largest absolute Gasteiger partial charge is 0.481 e. The molecule has 0 aromatic heterocycles. The molecule has 1 aliphatic rings. The van der Waals surface area contributed by atoms with Gasteiger partial charge in [-0.2, -0.15) is 0 Å². The third-order valence-electron chi connectivity index (χ3n) is 1.96. The van der Waals surface area contributed by atoms with Gasteiger partial charge in [0.15, 0.2) is 0 Å². The van der Waals surface area contributed by atoms with E-state index in [-0.39, 0.29) is 30.8 Å². The van der Waals surface area contributed by atoms with Crippen LogP contribution in [-0.2, 0) is 14.3 Å². The molecule has 2 atom stereocenters. The summed E-state index contributed by atoms with van der Waals surface area (Å²) in [5.74, 6) is -1.55. The van der Waals surface area contributed by atoms with E-state index >= 15 is 0 Å². The number of hydrogen-bond acceptors (Lipinski definition) is 3. The van der Waals surface area contributed by atoms with Gasteiger partial charge in [0.05, 0.1) is 18.9 Å². The molecule has 4 nitrogen and oxygen atoms in total. The molecule has 1 aliphatic heterocycles. The maximum atomic E-state index is 10.8. The lowest BCUT2D eigenvalue weighted by Crippen LogP contribution is -2.15. The third-order valence-corrected chi connectivity index (χ3v) is 1.96. The summed E-state index contributed by atoms with van der Waals surface area (Å²) in [7, 11) is 0. The molecule has 0 aromatic carbocycles. The standard InChI is InChI=1S/C7H10O4/c1-4-5(2-6(8)9)3-11-7(4)10/h4-5H,2-3H2,1H3,(H,8,9)/t4-,5+/m1/s1. The first-order valence-corrected chi connectivity index (χ1v) is 3.49. The van der Waals surface area contributed by atoms with Crippen LogP contribution < -0.4 is 0 Å². The SMILES string of the molecule is C[C@H]1C(=O)OC[C@@H]1CC(=O)O. The van der Waals surface area contributed by atoms with Gasteiger partial charge in [-0.1, -0.05) is 6.92 Å². The van der Waals surface area contributed by atoms with Crippen LogP contribution in [0.4, 0.5) is 0 Å². The summed E-state index contributed by atoms with van der Waals surface area (Å²) in [6.07, 6.45) is 0.0207. The van der Waals surface area contributed by atoms with E-state index in [4.69, 9.17) is 5.11 Å². The van der Waals surface area contributed by atoms with Gasteiger partial charge < -0.3 is 9.84 Å². The van der Waals surface area contributed by atoms with E-state index in [1.165, 1.54) is 0 Å². The van der Waals surface area contributed by atoms with E-state index in [1.54, 1.807) is 6.92 Å². The van der Waals surface area contributed by atoms with Crippen molar-refractivity contribution >= 4 is 11.9 Å². The Hall–Kier alpha value is -1.06. The van der Waals surface area contributed by atoms with Gasteiger partial charge >= 0.3 is 11.9 Å². The number of esters is 1. The summed E-state index contributed by atoms with van der Waals surface area (Å²) < 4.78 is 4.68. The molecule has 1 rings (SSSR count). The Morgan fingerprint density at radius 3 is 2.82 bits per heavy atom. The van der Waals surface area contributed by atoms with Crippen LogP contribution in [0, 0.1) is 11.8 Å². The van der Waals surface area contributed by atoms with Crippen molar-refractivity contribution < 1.29 is 19.4 Å². The van der Waals surface area contributed by atoms with Crippen molar-refractivity contribution in [1.82, 2.24) is 0 Å². The average molecular weight is 158 g/mol. The van der Waals surface area contributed by atoms with Crippen LogP contribution in [0.2, 0.25) is 0 Å². The van der Waals surface area contributed by atoms with E-state index in [9.17, 15) is 9.59 Å². The predicted octanol–water partition coefficient (Wildman–Crippen LogP) is 0.270. The van der Waals surface area contributed by atoms with Crippen LogP contribution in [0.3, 0.4) is 0 Å². The Kier molecular flexibility index (Phi) is 2.12. The molecule has 0 aliphatic carbocycles. The maximum absolute atomic E-state index is 10.8. The zero-order valence-corrected chi connectivity index (χ0v) is 6.24. The molecule has 0 unspecified atom stereocenters. The fraction of sp³-hybridized carbons (Fsp3) is 0.714. The lowest BCUT2D eigenvalue weighted by Gasteiger charge is -2.05. The Balaban J connectivity index is 2.48. The maximum Gasteiger partial charge on any atom is 0.309 e. The summed E-state index contributed by atoms with van der Waals surface area (Å²) in [6, 6.07) is 0. The minimum Gasteiger partial charge on any atom is -0.481 e. The van der Waals surface area contributed by atoms with Crippen LogP contribution in [0.1, 0.15) is 13.3 Å². The number of aliphatic carboxylic acids is 1. The molecule has 62 valence electrons. The summed E-state index contributed by atoms with van der Waals surface area (Å²) in [6.45, 7) is 1.95. The van der Waals surface area contributed by atoms with E-state index in [2.05, 4.69) is 4.74 Å². The molecule has 1 N–H and O–H groups in total. The van der Waals surface area contributed by atoms with Crippen LogP contribution in [0.5, 0.6) is 0 Å². The van der Waals surface area contributed by atoms with Gasteiger partial charge in [-0.05, 0) is 0 Å². The fourth-order valence-electron chi connectivity index (χ4n) is 1.12. The first-order valence-electron chi connectivity index (χ1n) is 3.49. The van der Waals surface area contributed by atoms with Gasteiger partial charge in [0.25, 0.3) is 0 Å². The highest BCUT2D eigenvalue weighted by molar-refractivity contribution is 5.76. The number of hydrogen-bond donors (Lipinski definition) is 1. The Morgan fingerprint density at radius 1 is 1.82 bits per heavy atom. The molecule has 1 heterocycles. The number of ether oxygens (including phenoxy) is 1. The summed E-state index contributed by atoms with van der Waals surface area (Å²) in [4.78, 5) is 21.0. The molecule has 0 bridgehead atoms. The second-order valence-electron chi connectivity index (χ2n) is 2.78. The first-order chi connectivity index (χ1) is 5.11. The zero-order valence-electron chi connectivity index (χ0n) is 6.24. The number of carbonyl (C=O) groups is 2. The quantitative estimate of drug-likeness (QED) is 0.586. The molecular formula is C7H10O4. The van der Waals surface area contributed by atoms with Crippen LogP contribution in [0.25, 0.3) is 0 Å². The van der Waals surface area contributed by atoms with E-state index < -0.39 is 5.97 Å². The van der Waals surface area contributed by atoms with Gasteiger partial charge in [-0.3, -0.25) is 9.59 Å². The highest BCUT2D eigenvalue weighted by atomic mass is 16.5. The van der Waals surface area contributed by atoms with E-state index in [0.29, 0.717) is 0 Å². The van der Waals surface area contributed by atoms with Gasteiger partial charge in [0.2, 0.25) is 0 Å². The zero-order chi connectivity index (χ0) is 8.43. The topological polar surface area (TPSA) is 63.6 Å². The van der Waals surface area contributed by atoms with Gasteiger partial charge in [-0.15, -0.1) is 0 Å². The number of carbonyl (C=O) groups excluding carboxylic acids is 1. The van der Waals surface area contributed by atoms with Crippen molar-refractivity contribution in [2.45, 2.75) is 13.3 Å². The number of carboxylic acid groups (broad SMARTS) is 1. The molecule has 1 saturated heterocycles. The number of carboxylic acids is 1. The molecule has 4 heteroatoms. The van der Waals surface area contributed by atoms with Crippen molar-refractivity contribution in [3.8, 4) is 0 Å². The van der Waals surface area contributed by atoms with Crippen molar-refractivity contribution in [1.29, 1.82) is 0 Å². The van der Waals surface area contributed by atoms with Crippen LogP contribution >= 0.6 is 0 Å². The van der Waals surface area contributed by atoms with E-state index in [1.807, 2.05) is 0 Å². The fourth-order valence-corrected chi connectivity index (χ4v) is 1.12. The second-order valence-corrected chi connectivity index (χ2v) is 2.78. The Morgan fingerprint density at radius 2 is 2.45 bits per heavy atom. The first kappa shape index (κ1) is 8.04. The van der Waals surface area contributed by atoms with Crippen LogP contribution in [0.15, 0.2) is 0 Å². The van der Waals surface area contributed by atoms with E-state index in [0.717, 1.165) is 0 Å². The summed E-state index contributed by atoms with van der Waals surface area (Å²) in [5, 5.41) is 8.41. The number of rotatable bonds is 2. The minimum atomic E-state index is -0.875. The minimum absolute atomic E-state index is 0.0207. The van der Waals surface area contributed by atoms with Crippen molar-refractivity contribution in [3.05, 3.63) is 0 Å². The Labute approximate surface area is 64.2 Å². The van der Waals surface area contributed by atoms with Crippen molar-refractivity contribution in [2.75, 3.05) is 6.61 Å². The predicted molar refractivity (Wildman–Crippen MR) is 35.9 cm³/mol. The third kappa shape index (κ3) is 1.69. The van der Waals surface area contributed by atoms with Gasteiger partial charge in [-0.25, -0.2) is 0 Å². The highest BCUT2D eigenvalue weighted by Crippen LogP contribution is 2.24. The molecule has 1 fully saturated rings. The van der Waals surface area contributed by atoms with Crippen molar-refractivity contribution in [2.24, 2.45) is 11.8 Å². The summed E-state index contributed by atoms with van der Waals surface area (Å²) in [5.41, 5.74) is 0. The normalized spacial score (nSPS) is 30.1. The molecule has 0 amide bonds. The molecule has 0 aromatic rings. The molecule has 0 spiro atoms. The smallest absolute Gasteiger partial charge is 0.309 e. The lowest BCUT2D eigenvalue weighted by atomic mass is 9.94. The van der Waals surface area contributed by atoms with Crippen LogP contribution in [-0.4, -0.2) is 23.7 Å². The lowest BCUT2D eigenvalue weighted by molar-refractivity contribution is -0.140. The Bertz CT molecular complexity index is 187. The van der Waals surface area contributed by atoms with Crippen molar-refractivity contribution in [3.63, 3.8) is 0 Å². The highest BCUT2D eigenvalue weighted by Gasteiger charge is 2.34. The molecular weight excluding hydrogens is 148 g/mol. The average Bonchev–Trinajstić information content (AvgIpc) is 2.18. The summed E-state index contributed by atoms with van der Waals surface area (Å²) >= 11 is 0. The molecule has 11 heavy (non-hydrogen) atoms. The molecule has 0 radical (unpaired) electrons. The molecule has 0 saturated carbocycles. The van der Waals surface area contributed by atoms with Gasteiger partial charge in [0, 0.05) is 5.92 Å². The monoisotopic (exact) mass is 158 g/mol.